The minimum atomic E-state index is 0.416. The second-order valence-electron chi connectivity index (χ2n) is 6.96. The van der Waals surface area contributed by atoms with Crippen LogP contribution in [0.1, 0.15) is 71.4 Å². The minimum Gasteiger partial charge on any atom is -0.307 e. The highest BCUT2D eigenvalue weighted by Gasteiger charge is 2.32. The van der Waals surface area contributed by atoms with E-state index >= 15 is 0 Å². The van der Waals surface area contributed by atoms with Gasteiger partial charge in [-0.3, -0.25) is 0 Å². The molecule has 1 heterocycles. The van der Waals surface area contributed by atoms with Crippen LogP contribution in [-0.4, -0.2) is 6.04 Å². The summed E-state index contributed by atoms with van der Waals surface area (Å²) in [5.74, 6) is 0.899. The second-order valence-corrected chi connectivity index (χ2v) is 8.51. The highest BCUT2D eigenvalue weighted by Crippen LogP contribution is 2.40. The van der Waals surface area contributed by atoms with Gasteiger partial charge in [-0.1, -0.05) is 38.8 Å². The molecule has 1 aromatic rings. The molecule has 0 spiro atoms. The molecule has 114 valence electrons. The first kappa shape index (κ1) is 16.3. The number of hydrogen-bond acceptors (Lipinski definition) is 2. The van der Waals surface area contributed by atoms with Crippen LogP contribution < -0.4 is 5.32 Å². The normalized spacial score (nSPS) is 25.6. The molecular formula is C17H28ClNS. The Kier molecular flexibility index (Phi) is 5.56. The molecule has 0 aliphatic heterocycles. The van der Waals surface area contributed by atoms with Gasteiger partial charge in [0.05, 0.1) is 4.34 Å². The van der Waals surface area contributed by atoms with Gasteiger partial charge < -0.3 is 5.32 Å². The van der Waals surface area contributed by atoms with Gasteiger partial charge in [0.1, 0.15) is 0 Å². The van der Waals surface area contributed by atoms with Crippen molar-refractivity contribution in [3.05, 3.63) is 21.3 Å². The molecule has 1 atom stereocenters. The van der Waals surface area contributed by atoms with E-state index in [9.17, 15) is 0 Å². The molecule has 1 aromatic heterocycles. The molecule has 1 aliphatic carbocycles. The molecule has 1 nitrogen and oxygen atoms in total. The second kappa shape index (κ2) is 6.81. The summed E-state index contributed by atoms with van der Waals surface area (Å²) >= 11 is 7.65. The molecule has 0 saturated heterocycles. The van der Waals surface area contributed by atoms with Crippen molar-refractivity contribution in [1.82, 2.24) is 5.32 Å². The van der Waals surface area contributed by atoms with Crippen LogP contribution in [0.15, 0.2) is 11.4 Å². The third-order valence-electron chi connectivity index (χ3n) is 5.32. The van der Waals surface area contributed by atoms with Crippen LogP contribution in [0.2, 0.25) is 4.34 Å². The lowest BCUT2D eigenvalue weighted by atomic mass is 9.69. The van der Waals surface area contributed by atoms with Crippen LogP contribution in [0.4, 0.5) is 0 Å². The van der Waals surface area contributed by atoms with Gasteiger partial charge >= 0.3 is 0 Å². The van der Waals surface area contributed by atoms with E-state index in [2.05, 4.69) is 44.5 Å². The fourth-order valence-electron chi connectivity index (χ4n) is 3.33. The summed E-state index contributed by atoms with van der Waals surface area (Å²) in [6, 6.07) is 3.18. The lowest BCUT2D eigenvalue weighted by Gasteiger charge is -2.39. The molecule has 0 aromatic carbocycles. The van der Waals surface area contributed by atoms with Crippen molar-refractivity contribution < 1.29 is 0 Å². The number of hydrogen-bond donors (Lipinski definition) is 1. The Hall–Kier alpha value is -0.0500. The largest absolute Gasteiger partial charge is 0.307 e. The summed E-state index contributed by atoms with van der Waals surface area (Å²) in [5, 5.41) is 5.96. The summed E-state index contributed by atoms with van der Waals surface area (Å²) in [6.07, 6.45) is 6.66. The van der Waals surface area contributed by atoms with Gasteiger partial charge in [-0.25, -0.2) is 0 Å². The van der Waals surface area contributed by atoms with Crippen molar-refractivity contribution in [3.63, 3.8) is 0 Å². The van der Waals surface area contributed by atoms with E-state index in [0.29, 0.717) is 17.5 Å². The number of rotatable bonds is 5. The first-order valence-electron chi connectivity index (χ1n) is 7.92. The maximum absolute atomic E-state index is 6.02. The Balaban J connectivity index is 1.82. The quantitative estimate of drug-likeness (QED) is 0.698. The van der Waals surface area contributed by atoms with Crippen LogP contribution in [0.5, 0.6) is 0 Å². The average molecular weight is 314 g/mol. The summed E-state index contributed by atoms with van der Waals surface area (Å²) in [5.41, 5.74) is 1.84. The molecule has 1 aliphatic rings. The first-order valence-corrected chi connectivity index (χ1v) is 9.18. The Morgan fingerprint density at radius 3 is 2.50 bits per heavy atom. The maximum Gasteiger partial charge on any atom is 0.0931 e. The van der Waals surface area contributed by atoms with E-state index in [-0.39, 0.29) is 0 Å². The zero-order valence-electron chi connectivity index (χ0n) is 13.2. The third-order valence-corrected chi connectivity index (χ3v) is 6.43. The molecule has 0 amide bonds. The molecule has 1 N–H and O–H groups in total. The van der Waals surface area contributed by atoms with Crippen LogP contribution in [0.25, 0.3) is 0 Å². The van der Waals surface area contributed by atoms with Crippen molar-refractivity contribution in [3.8, 4) is 0 Å². The van der Waals surface area contributed by atoms with Gasteiger partial charge in [0.15, 0.2) is 0 Å². The predicted molar refractivity (Wildman–Crippen MR) is 90.7 cm³/mol. The van der Waals surface area contributed by atoms with Crippen molar-refractivity contribution >= 4 is 22.9 Å². The Morgan fingerprint density at radius 2 is 2.00 bits per heavy atom. The van der Waals surface area contributed by atoms with E-state index in [0.717, 1.165) is 10.3 Å². The maximum atomic E-state index is 6.02. The molecule has 2 rings (SSSR count). The van der Waals surface area contributed by atoms with E-state index in [1.807, 2.05) is 0 Å². The molecule has 1 fully saturated rings. The predicted octanol–water partition coefficient (Wildman–Crippen LogP) is 6.05. The van der Waals surface area contributed by atoms with E-state index in [1.54, 1.807) is 11.3 Å². The molecule has 0 radical (unpaired) electrons. The third kappa shape index (κ3) is 3.99. The van der Waals surface area contributed by atoms with E-state index in [4.69, 9.17) is 11.6 Å². The van der Waals surface area contributed by atoms with Crippen LogP contribution in [0.3, 0.4) is 0 Å². The highest BCUT2D eigenvalue weighted by atomic mass is 35.5. The molecule has 0 bridgehead atoms. The van der Waals surface area contributed by atoms with Crippen LogP contribution >= 0.6 is 22.9 Å². The van der Waals surface area contributed by atoms with E-state index in [1.165, 1.54) is 37.7 Å². The fraction of sp³-hybridized carbons (Fsp3) is 0.765. The van der Waals surface area contributed by atoms with Gasteiger partial charge in [-0.05, 0) is 60.9 Å². The van der Waals surface area contributed by atoms with E-state index < -0.39 is 0 Å². The Bertz CT molecular complexity index is 418. The van der Waals surface area contributed by atoms with Crippen LogP contribution in [0, 0.1) is 11.3 Å². The Labute approximate surface area is 133 Å². The number of thiophene rings is 1. The van der Waals surface area contributed by atoms with Gasteiger partial charge in [-0.15, -0.1) is 11.3 Å². The minimum absolute atomic E-state index is 0.416. The Morgan fingerprint density at radius 1 is 1.35 bits per heavy atom. The SMILES string of the molecule is CCC(C)(C)C1CCC(NC(C)c2csc(Cl)c2)CC1. The van der Waals surface area contributed by atoms with Gasteiger partial charge in [-0.2, -0.15) is 0 Å². The lowest BCUT2D eigenvalue weighted by molar-refractivity contribution is 0.134. The first-order chi connectivity index (χ1) is 9.42. The molecular weight excluding hydrogens is 286 g/mol. The highest BCUT2D eigenvalue weighted by molar-refractivity contribution is 7.14. The van der Waals surface area contributed by atoms with Crippen molar-refractivity contribution in [2.45, 2.75) is 71.9 Å². The van der Waals surface area contributed by atoms with Crippen molar-refractivity contribution in [2.24, 2.45) is 11.3 Å². The summed E-state index contributed by atoms with van der Waals surface area (Å²) in [6.45, 7) is 9.44. The van der Waals surface area contributed by atoms with Crippen molar-refractivity contribution in [2.75, 3.05) is 0 Å². The smallest absolute Gasteiger partial charge is 0.0931 e. The number of halogens is 1. The summed E-state index contributed by atoms with van der Waals surface area (Å²) < 4.78 is 0.891. The molecule has 1 saturated carbocycles. The summed E-state index contributed by atoms with van der Waals surface area (Å²) in [4.78, 5) is 0. The molecule has 1 unspecified atom stereocenters. The van der Waals surface area contributed by atoms with Crippen molar-refractivity contribution in [1.29, 1.82) is 0 Å². The summed E-state index contributed by atoms with van der Waals surface area (Å²) in [7, 11) is 0. The average Bonchev–Trinajstić information content (AvgIpc) is 2.86. The van der Waals surface area contributed by atoms with Crippen LogP contribution in [-0.2, 0) is 0 Å². The standard InChI is InChI=1S/C17H28ClNS/c1-5-17(3,4)14-6-8-15(9-7-14)19-12(2)13-10-16(18)20-11-13/h10-12,14-15,19H,5-9H2,1-4H3. The fourth-order valence-corrected chi connectivity index (χ4v) is 4.32. The zero-order chi connectivity index (χ0) is 14.8. The lowest BCUT2D eigenvalue weighted by Crippen LogP contribution is -2.37. The number of nitrogens with one attached hydrogen (secondary N) is 1. The monoisotopic (exact) mass is 313 g/mol. The van der Waals surface area contributed by atoms with Gasteiger partial charge in [0, 0.05) is 12.1 Å². The molecule has 20 heavy (non-hydrogen) atoms. The topological polar surface area (TPSA) is 12.0 Å². The molecule has 3 heteroatoms. The zero-order valence-corrected chi connectivity index (χ0v) is 14.8. The van der Waals surface area contributed by atoms with Gasteiger partial charge in [0.25, 0.3) is 0 Å². The van der Waals surface area contributed by atoms with Gasteiger partial charge in [0.2, 0.25) is 0 Å².